The molecule has 9 rings (SSSR count). The number of hydrogen-bond acceptors (Lipinski definition) is 17. The quantitative estimate of drug-likeness (QED) is 0.151. The van der Waals surface area contributed by atoms with E-state index in [0.717, 1.165) is 50.7 Å². The first-order valence-corrected chi connectivity index (χ1v) is 22.9. The summed E-state index contributed by atoms with van der Waals surface area (Å²) in [6.07, 6.45) is -13.7. The van der Waals surface area contributed by atoms with Crippen LogP contribution < -0.4 is 0 Å². The maximum absolute atomic E-state index is 11.6. The van der Waals surface area contributed by atoms with Gasteiger partial charge in [0.25, 0.3) is 0 Å². The predicted octanol–water partition coefficient (Wildman–Crippen LogP) is -0.176. The van der Waals surface area contributed by atoms with Gasteiger partial charge in [0.15, 0.2) is 24.7 Å². The first-order chi connectivity index (χ1) is 28.9. The SMILES string of the molecule is C[C@@H]1CC[C@@]2(OC1)O[C@H]1C[C@H]3[C@@H]4CC=C5C[C@@H](O)C[C@@H](O[C@@H]6O[C@H](C)[C@H](O)[C@H](O[C@@H]7OC[C@@H](O)[C@H](O)[C@H]7O)[C@H]6O[C@@H]6O[C@H](CO)[C@@H](O)[C@H](O)[C@H]6O)[C@]5(C)[C@H]4CC[C@]3(C)[C@H]1[C@@H]2C. The number of ether oxygens (including phenoxy) is 8. The van der Waals surface area contributed by atoms with E-state index in [1.807, 2.05) is 0 Å². The summed E-state index contributed by atoms with van der Waals surface area (Å²) in [5, 5.41) is 96.9. The second kappa shape index (κ2) is 16.7. The van der Waals surface area contributed by atoms with E-state index in [-0.39, 0.29) is 36.4 Å². The minimum atomic E-state index is -1.83. The fourth-order valence-corrected chi connectivity index (χ4v) is 13.8. The molecule has 8 fully saturated rings. The molecule has 5 saturated heterocycles. The van der Waals surface area contributed by atoms with Gasteiger partial charge >= 0.3 is 0 Å². The Morgan fingerprint density at radius 3 is 2.20 bits per heavy atom. The molecule has 0 aromatic rings. The van der Waals surface area contributed by atoms with Crippen LogP contribution in [0.25, 0.3) is 0 Å². The van der Waals surface area contributed by atoms with Gasteiger partial charge in [0.2, 0.25) is 0 Å². The van der Waals surface area contributed by atoms with Crippen molar-refractivity contribution < 1.29 is 83.9 Å². The summed E-state index contributed by atoms with van der Waals surface area (Å²) in [6.45, 7) is 10.5. The molecule has 0 amide bonds. The molecule has 17 heteroatoms. The second-order valence-corrected chi connectivity index (χ2v) is 20.7. The zero-order chi connectivity index (χ0) is 43.5. The molecule has 0 bridgehead atoms. The minimum absolute atomic E-state index is 0.0513. The van der Waals surface area contributed by atoms with Gasteiger partial charge in [-0.05, 0) is 80.5 Å². The molecule has 348 valence electrons. The van der Waals surface area contributed by atoms with Gasteiger partial charge in [-0.3, -0.25) is 0 Å². The molecule has 0 unspecified atom stereocenters. The number of aliphatic hydroxyl groups excluding tert-OH is 9. The van der Waals surface area contributed by atoms with E-state index in [2.05, 4.69) is 33.8 Å². The summed E-state index contributed by atoms with van der Waals surface area (Å²) in [5.74, 6) is 1.55. The average molecular weight is 871 g/mol. The van der Waals surface area contributed by atoms with E-state index in [1.165, 1.54) is 0 Å². The van der Waals surface area contributed by atoms with Crippen LogP contribution in [0.1, 0.15) is 86.0 Å². The molecular weight excluding hydrogens is 800 g/mol. The van der Waals surface area contributed by atoms with E-state index in [0.29, 0.717) is 30.1 Å². The molecular formula is C44H70O17. The first kappa shape index (κ1) is 45.2. The highest BCUT2D eigenvalue weighted by Gasteiger charge is 2.70. The lowest BCUT2D eigenvalue weighted by atomic mass is 9.46. The van der Waals surface area contributed by atoms with Gasteiger partial charge in [0.05, 0.1) is 44.2 Å². The summed E-state index contributed by atoms with van der Waals surface area (Å²) in [5.41, 5.74) is 0.602. The van der Waals surface area contributed by atoms with Crippen molar-refractivity contribution in [1.29, 1.82) is 0 Å². The maximum Gasteiger partial charge on any atom is 0.187 e. The lowest BCUT2D eigenvalue weighted by Gasteiger charge is -2.60. The Balaban J connectivity index is 1.01. The Morgan fingerprint density at radius 2 is 1.48 bits per heavy atom. The summed E-state index contributed by atoms with van der Waals surface area (Å²) in [7, 11) is 0. The van der Waals surface area contributed by atoms with Crippen LogP contribution in [0.4, 0.5) is 0 Å². The normalized spacial score (nSPS) is 58.4. The van der Waals surface area contributed by atoms with Crippen molar-refractivity contribution in [3.8, 4) is 0 Å². The average Bonchev–Trinajstić information content (AvgIpc) is 3.68. The van der Waals surface area contributed by atoms with E-state index in [9.17, 15) is 46.0 Å². The fraction of sp³-hybridized carbons (Fsp3) is 0.955. The van der Waals surface area contributed by atoms with Crippen molar-refractivity contribution in [3.63, 3.8) is 0 Å². The van der Waals surface area contributed by atoms with E-state index < -0.39 is 116 Å². The van der Waals surface area contributed by atoms with Crippen LogP contribution in [0.15, 0.2) is 11.6 Å². The molecule has 26 atom stereocenters. The number of aliphatic hydroxyl groups is 9. The summed E-state index contributed by atoms with van der Waals surface area (Å²) in [6, 6.07) is 0. The van der Waals surface area contributed by atoms with Crippen molar-refractivity contribution in [3.05, 3.63) is 11.6 Å². The van der Waals surface area contributed by atoms with Crippen LogP contribution in [0.3, 0.4) is 0 Å². The lowest BCUT2D eigenvalue weighted by Crippen LogP contribution is -2.67. The molecule has 9 aliphatic rings. The van der Waals surface area contributed by atoms with Gasteiger partial charge in [-0.1, -0.05) is 39.3 Å². The smallest absolute Gasteiger partial charge is 0.187 e. The number of rotatable bonds is 7. The highest BCUT2D eigenvalue weighted by atomic mass is 16.8. The summed E-state index contributed by atoms with van der Waals surface area (Å²) >= 11 is 0. The number of allylic oxidation sites excluding steroid dienone is 1. The monoisotopic (exact) mass is 870 g/mol. The molecule has 1 spiro atoms. The molecule has 0 aromatic heterocycles. The van der Waals surface area contributed by atoms with Crippen molar-refractivity contribution in [2.45, 2.75) is 196 Å². The van der Waals surface area contributed by atoms with Gasteiger partial charge < -0.3 is 83.9 Å². The van der Waals surface area contributed by atoms with Crippen LogP contribution in [-0.4, -0.2) is 176 Å². The Kier molecular flexibility index (Phi) is 12.4. The molecule has 4 aliphatic carbocycles. The van der Waals surface area contributed by atoms with Gasteiger partial charge in [0.1, 0.15) is 61.0 Å². The Bertz CT molecular complexity index is 1590. The second-order valence-electron chi connectivity index (χ2n) is 20.7. The molecule has 3 saturated carbocycles. The van der Waals surface area contributed by atoms with Crippen LogP contribution >= 0.6 is 0 Å². The fourth-order valence-electron chi connectivity index (χ4n) is 13.8. The summed E-state index contributed by atoms with van der Waals surface area (Å²) in [4.78, 5) is 0. The summed E-state index contributed by atoms with van der Waals surface area (Å²) < 4.78 is 50.8. The highest BCUT2D eigenvalue weighted by Crippen LogP contribution is 2.71. The van der Waals surface area contributed by atoms with Crippen LogP contribution in [0, 0.1) is 46.3 Å². The first-order valence-electron chi connectivity index (χ1n) is 22.9. The Morgan fingerprint density at radius 1 is 0.738 bits per heavy atom. The third-order valence-corrected chi connectivity index (χ3v) is 17.4. The van der Waals surface area contributed by atoms with Crippen LogP contribution in [0.2, 0.25) is 0 Å². The lowest BCUT2D eigenvalue weighted by molar-refractivity contribution is -0.392. The largest absolute Gasteiger partial charge is 0.394 e. The van der Waals surface area contributed by atoms with Gasteiger partial charge in [-0.2, -0.15) is 0 Å². The van der Waals surface area contributed by atoms with E-state index >= 15 is 0 Å². The highest BCUT2D eigenvalue weighted by molar-refractivity contribution is 5.29. The molecule has 0 aromatic carbocycles. The van der Waals surface area contributed by atoms with Gasteiger partial charge in [0, 0.05) is 24.2 Å². The standard InChI is InChI=1S/C44H70O17/c1-18-8-11-44(55-16-18)19(2)30-27(61-44)14-25-23-7-6-21-12-22(46)13-29(43(21,5)24(23)9-10-42(25,30)4)58-41-38(60-40-36(53)34(51)33(50)28(15-45)57-40)37(31(48)20(3)56-41)59-39-35(52)32(49)26(47)17-54-39/h6,18-20,22-41,45-53H,7-17H2,1-5H3/t18-,19+,20-,22-,23-,24+,25+,26-,27+,28-,29-,30+,31+,32+,33-,34+,35-,36-,37+,38-,39+,40+,41+,42+,43+,44-/m1/s1. The third-order valence-electron chi connectivity index (χ3n) is 17.4. The van der Waals surface area contributed by atoms with Crippen molar-refractivity contribution in [2.75, 3.05) is 19.8 Å². The Hall–Kier alpha value is -0.940. The molecule has 0 radical (unpaired) electrons. The van der Waals surface area contributed by atoms with Gasteiger partial charge in [-0.25, -0.2) is 0 Å². The molecule has 9 N–H and O–H groups in total. The van der Waals surface area contributed by atoms with E-state index in [1.54, 1.807) is 6.92 Å². The molecule has 61 heavy (non-hydrogen) atoms. The van der Waals surface area contributed by atoms with Crippen LogP contribution in [-0.2, 0) is 37.9 Å². The number of fused-ring (bicyclic) bond motifs is 7. The molecule has 5 aliphatic heterocycles. The van der Waals surface area contributed by atoms with Gasteiger partial charge in [-0.15, -0.1) is 0 Å². The van der Waals surface area contributed by atoms with Crippen molar-refractivity contribution in [2.24, 2.45) is 46.3 Å². The van der Waals surface area contributed by atoms with Crippen LogP contribution in [0.5, 0.6) is 0 Å². The topological polar surface area (TPSA) is 256 Å². The van der Waals surface area contributed by atoms with Crippen molar-refractivity contribution >= 4 is 0 Å². The zero-order valence-electron chi connectivity index (χ0n) is 35.9. The zero-order valence-corrected chi connectivity index (χ0v) is 35.9. The minimum Gasteiger partial charge on any atom is -0.394 e. The van der Waals surface area contributed by atoms with Crippen molar-refractivity contribution in [1.82, 2.24) is 0 Å². The third kappa shape index (κ3) is 7.32. The predicted molar refractivity (Wildman–Crippen MR) is 210 cm³/mol. The maximum atomic E-state index is 11.6. The number of hydrogen-bond donors (Lipinski definition) is 9. The molecule has 17 nitrogen and oxygen atoms in total. The Labute approximate surface area is 357 Å². The van der Waals surface area contributed by atoms with E-state index in [4.69, 9.17) is 37.9 Å². The molecule has 5 heterocycles.